The number of fused-ring (bicyclic) bond motifs is 2. The van der Waals surface area contributed by atoms with Gasteiger partial charge in [0.1, 0.15) is 23.4 Å². The van der Waals surface area contributed by atoms with Gasteiger partial charge >= 0.3 is 6.09 Å². The number of anilines is 1. The van der Waals surface area contributed by atoms with Crippen LogP contribution in [0.25, 0.3) is 22.1 Å². The largest absolute Gasteiger partial charge is 0.491 e. The van der Waals surface area contributed by atoms with Gasteiger partial charge in [0.25, 0.3) is 0 Å². The van der Waals surface area contributed by atoms with Crippen molar-refractivity contribution < 1.29 is 23.9 Å². The summed E-state index contributed by atoms with van der Waals surface area (Å²) in [5.41, 5.74) is 7.13. The first kappa shape index (κ1) is 41.2. The van der Waals surface area contributed by atoms with E-state index in [1.54, 1.807) is 6.42 Å². The van der Waals surface area contributed by atoms with Crippen LogP contribution in [0, 0.1) is 18.3 Å². The summed E-state index contributed by atoms with van der Waals surface area (Å²) in [6.07, 6.45) is 6.63. The molecule has 3 fully saturated rings. The van der Waals surface area contributed by atoms with E-state index in [0.717, 1.165) is 90.2 Å². The van der Waals surface area contributed by atoms with E-state index in [4.69, 9.17) is 19.4 Å². The van der Waals surface area contributed by atoms with Crippen molar-refractivity contribution in [2.24, 2.45) is 11.8 Å². The maximum atomic E-state index is 13.8. The van der Waals surface area contributed by atoms with Crippen LogP contribution in [0.2, 0.25) is 0 Å². The number of likely N-dealkylation sites (tertiary alicyclic amines) is 2. The molecular formula is C47H59N8O5. The maximum Gasteiger partial charge on any atom is 0.407 e. The Hall–Kier alpha value is -5.59. The molecule has 8 rings (SSSR count). The Morgan fingerprint density at radius 2 is 1.35 bits per heavy atom. The van der Waals surface area contributed by atoms with Crippen LogP contribution < -0.4 is 15.0 Å². The normalized spacial score (nSPS) is 21.3. The molecule has 60 heavy (non-hydrogen) atoms. The van der Waals surface area contributed by atoms with Crippen LogP contribution in [0.4, 0.5) is 10.5 Å². The molecule has 3 aromatic carbocycles. The van der Waals surface area contributed by atoms with Crippen LogP contribution in [0.3, 0.4) is 0 Å². The van der Waals surface area contributed by atoms with E-state index >= 15 is 0 Å². The minimum Gasteiger partial charge on any atom is -0.491 e. The number of hydrogen-bond donors (Lipinski definition) is 3. The van der Waals surface area contributed by atoms with Crippen LogP contribution in [0.1, 0.15) is 127 Å². The number of ether oxygens (including phenoxy) is 2. The predicted octanol–water partition coefficient (Wildman–Crippen LogP) is 8.88. The molecule has 3 amide bonds. The first-order valence-corrected chi connectivity index (χ1v) is 21.7. The number of nitrogens with one attached hydrogen (secondary N) is 3. The van der Waals surface area contributed by atoms with E-state index < -0.39 is 12.1 Å². The summed E-state index contributed by atoms with van der Waals surface area (Å²) >= 11 is 0. The molecule has 0 spiro atoms. The highest BCUT2D eigenvalue weighted by atomic mass is 16.5. The van der Waals surface area contributed by atoms with Gasteiger partial charge in [0, 0.05) is 18.8 Å². The van der Waals surface area contributed by atoms with Crippen molar-refractivity contribution in [1.29, 1.82) is 0 Å². The Bertz CT molecular complexity index is 2330. The lowest BCUT2D eigenvalue weighted by molar-refractivity contribution is -0.135. The second-order valence-corrected chi connectivity index (χ2v) is 17.6. The number of aromatic amines is 2. The van der Waals surface area contributed by atoms with Gasteiger partial charge in [-0.15, -0.1) is 0 Å². The van der Waals surface area contributed by atoms with Crippen molar-refractivity contribution in [2.45, 2.75) is 116 Å². The predicted molar refractivity (Wildman–Crippen MR) is 232 cm³/mol. The molecule has 13 nitrogen and oxygen atoms in total. The Labute approximate surface area is 352 Å². The second kappa shape index (κ2) is 17.2. The van der Waals surface area contributed by atoms with Crippen molar-refractivity contribution in [3.8, 4) is 5.75 Å². The number of methoxy groups -OCH3 is 1. The maximum absolute atomic E-state index is 13.8. The molecule has 3 N–H and O–H groups in total. The van der Waals surface area contributed by atoms with Crippen molar-refractivity contribution in [3.63, 3.8) is 0 Å². The van der Waals surface area contributed by atoms with Crippen LogP contribution >= 0.6 is 0 Å². The molecule has 5 heterocycles. The smallest absolute Gasteiger partial charge is 0.407 e. The molecule has 0 saturated carbocycles. The first-order valence-electron chi connectivity index (χ1n) is 21.7. The summed E-state index contributed by atoms with van der Waals surface area (Å²) in [6, 6.07) is 20.7. The summed E-state index contributed by atoms with van der Waals surface area (Å²) in [6.45, 7) is 13.3. The van der Waals surface area contributed by atoms with Crippen LogP contribution in [-0.2, 0) is 14.3 Å². The molecule has 317 valence electrons. The molecule has 5 aromatic rings. The highest BCUT2D eigenvalue weighted by molar-refractivity contribution is 5.87. The van der Waals surface area contributed by atoms with Gasteiger partial charge in [-0.1, -0.05) is 39.8 Å². The average Bonchev–Trinajstić information content (AvgIpc) is 4.07. The summed E-state index contributed by atoms with van der Waals surface area (Å²) < 4.78 is 10.9. The molecule has 0 bridgehead atoms. The number of carbonyl (C=O) groups excluding carboxylic acids is 3. The van der Waals surface area contributed by atoms with Gasteiger partial charge in [-0.05, 0) is 124 Å². The number of alkyl carbamates (subject to hydrolysis) is 1. The SMILES string of the molecule is COC(=O)N[C@H](C(=O)N1CCC[C@H]1c1nc2cc([C@H]3CC[C@H](c4ccc5nc([C@@H]6CCCN6C(=O)[CH]C(C)C)[nH]c5c4)N3c3ccc(OC(C)C)cc3)ccc2[nH]1)C(C)C. The van der Waals surface area contributed by atoms with E-state index in [1.165, 1.54) is 18.2 Å². The summed E-state index contributed by atoms with van der Waals surface area (Å²) in [5, 5.41) is 2.74. The van der Waals surface area contributed by atoms with Crippen LogP contribution in [0.5, 0.6) is 5.75 Å². The summed E-state index contributed by atoms with van der Waals surface area (Å²) in [5.74, 6) is 2.47. The second-order valence-electron chi connectivity index (χ2n) is 17.6. The standard InChI is InChI=1S/C47H59N8O5/c1-27(2)24-42(56)53-22-8-10-40(53)44-48-34-18-12-30(25-36(34)50-44)38-20-21-39(55(38)32-14-16-33(17-15-32)60-29(5)6)31-13-19-35-37(26-31)51-45(49-35)41-11-9-23-54(41)46(57)43(28(3)4)52-47(58)59-7/h12-19,24-29,38-41,43H,8-11,20-23H2,1-7H3,(H,48,50)(H,49,51)(H,52,58)/t38-,39-,40+,41+,43+/m1/s1. The average molecular weight is 816 g/mol. The molecule has 3 aliphatic heterocycles. The van der Waals surface area contributed by atoms with Crippen LogP contribution in [-0.4, -0.2) is 80.0 Å². The molecule has 13 heteroatoms. The number of aromatic nitrogens is 4. The first-order chi connectivity index (χ1) is 28.9. The number of H-pyrrole nitrogens is 2. The highest BCUT2D eigenvalue weighted by Gasteiger charge is 2.39. The van der Waals surface area contributed by atoms with Gasteiger partial charge in [0.2, 0.25) is 11.8 Å². The Morgan fingerprint density at radius 3 is 2.00 bits per heavy atom. The Balaban J connectivity index is 1.09. The number of nitrogens with zero attached hydrogens (tertiary/aromatic N) is 5. The van der Waals surface area contributed by atoms with E-state index in [0.29, 0.717) is 6.54 Å². The lowest BCUT2D eigenvalue weighted by atomic mass is 10.0. The van der Waals surface area contributed by atoms with E-state index in [-0.39, 0.29) is 53.9 Å². The highest BCUT2D eigenvalue weighted by Crippen LogP contribution is 2.48. The van der Waals surface area contributed by atoms with Crippen molar-refractivity contribution in [2.75, 3.05) is 25.1 Å². The molecular weight excluding hydrogens is 757 g/mol. The fourth-order valence-corrected chi connectivity index (χ4v) is 9.50. The third kappa shape index (κ3) is 8.27. The number of benzene rings is 3. The minimum atomic E-state index is -0.695. The summed E-state index contributed by atoms with van der Waals surface area (Å²) in [4.78, 5) is 62.7. The molecule has 0 aliphatic carbocycles. The van der Waals surface area contributed by atoms with Gasteiger partial charge < -0.3 is 39.5 Å². The monoisotopic (exact) mass is 815 g/mol. The molecule has 3 saturated heterocycles. The number of hydrogen-bond acceptors (Lipinski definition) is 8. The van der Waals surface area contributed by atoms with E-state index in [1.807, 2.05) is 51.3 Å². The molecule has 1 radical (unpaired) electrons. The number of amides is 3. The Kier molecular flexibility index (Phi) is 11.8. The van der Waals surface area contributed by atoms with Gasteiger partial charge in [-0.2, -0.15) is 0 Å². The fraction of sp³-hybridized carbons (Fsp3) is 0.489. The molecule has 5 atom stereocenters. The van der Waals surface area contributed by atoms with Gasteiger partial charge in [0.15, 0.2) is 0 Å². The quantitative estimate of drug-likeness (QED) is 0.113. The zero-order valence-corrected chi connectivity index (χ0v) is 35.9. The minimum absolute atomic E-state index is 0.0579. The van der Waals surface area contributed by atoms with Crippen LogP contribution in [0.15, 0.2) is 60.7 Å². The van der Waals surface area contributed by atoms with Crippen molar-refractivity contribution >= 4 is 45.7 Å². The summed E-state index contributed by atoms with van der Waals surface area (Å²) in [7, 11) is 1.31. The Morgan fingerprint density at radius 1 is 0.733 bits per heavy atom. The molecule has 2 aromatic heterocycles. The third-order valence-electron chi connectivity index (χ3n) is 12.3. The lowest BCUT2D eigenvalue weighted by Gasteiger charge is -2.33. The lowest BCUT2D eigenvalue weighted by Crippen LogP contribution is -2.51. The van der Waals surface area contributed by atoms with E-state index in [2.05, 4.69) is 80.8 Å². The van der Waals surface area contributed by atoms with Gasteiger partial charge in [-0.3, -0.25) is 9.59 Å². The van der Waals surface area contributed by atoms with Crippen molar-refractivity contribution in [1.82, 2.24) is 35.1 Å². The zero-order chi connectivity index (χ0) is 42.2. The topological polar surface area (TPSA) is 149 Å². The van der Waals surface area contributed by atoms with E-state index in [9.17, 15) is 14.4 Å². The van der Waals surface area contributed by atoms with Gasteiger partial charge in [0.05, 0.1) is 65.9 Å². The fourth-order valence-electron chi connectivity index (χ4n) is 9.50. The third-order valence-corrected chi connectivity index (χ3v) is 12.3. The van der Waals surface area contributed by atoms with Crippen molar-refractivity contribution in [3.05, 3.63) is 89.9 Å². The van der Waals surface area contributed by atoms with Gasteiger partial charge in [-0.25, -0.2) is 14.8 Å². The zero-order valence-electron chi connectivity index (χ0n) is 35.9. The number of imidazole rings is 2. The molecule has 3 aliphatic rings. The molecule has 0 unspecified atom stereocenters. The number of carbonyl (C=O) groups is 3. The number of rotatable bonds is 12.